The fraction of sp³-hybridized carbons (Fsp3) is 0.600. The van der Waals surface area contributed by atoms with Crippen LogP contribution in [0.5, 0.6) is 0 Å². The Morgan fingerprint density at radius 2 is 1.92 bits per heavy atom. The molecule has 2 N–H and O–H groups in total. The lowest BCUT2D eigenvalue weighted by Crippen LogP contribution is -2.20. The van der Waals surface area contributed by atoms with Crippen LogP contribution in [0.3, 0.4) is 0 Å². The SMILES string of the molecule is COC(=O)CCCCc1ccc(CO[C@H](C)[C@@H](C)CCC(N)=O)cc1F. The van der Waals surface area contributed by atoms with Crippen LogP contribution in [-0.4, -0.2) is 25.1 Å². The number of unbranched alkanes of at least 4 members (excludes halogenated alkanes) is 1. The molecule has 0 aliphatic heterocycles. The molecule has 0 aliphatic carbocycles. The molecule has 26 heavy (non-hydrogen) atoms. The van der Waals surface area contributed by atoms with Gasteiger partial charge in [-0.15, -0.1) is 0 Å². The Labute approximate surface area is 155 Å². The number of primary amides is 1. The maximum Gasteiger partial charge on any atom is 0.305 e. The Kier molecular flexibility index (Phi) is 9.88. The van der Waals surface area contributed by atoms with Crippen LogP contribution in [0, 0.1) is 11.7 Å². The normalized spacial score (nSPS) is 13.2. The largest absolute Gasteiger partial charge is 0.469 e. The molecule has 0 heterocycles. The van der Waals surface area contributed by atoms with Gasteiger partial charge in [0.2, 0.25) is 5.91 Å². The lowest BCUT2D eigenvalue weighted by Gasteiger charge is -2.20. The molecular weight excluding hydrogens is 337 g/mol. The molecule has 0 radical (unpaired) electrons. The van der Waals surface area contributed by atoms with Crippen molar-refractivity contribution in [3.05, 3.63) is 35.1 Å². The van der Waals surface area contributed by atoms with Crippen molar-refractivity contribution in [1.29, 1.82) is 0 Å². The monoisotopic (exact) mass is 367 g/mol. The lowest BCUT2D eigenvalue weighted by molar-refractivity contribution is -0.140. The van der Waals surface area contributed by atoms with Gasteiger partial charge in [0.15, 0.2) is 0 Å². The quantitative estimate of drug-likeness (QED) is 0.453. The van der Waals surface area contributed by atoms with E-state index in [1.807, 2.05) is 19.9 Å². The molecule has 2 atom stereocenters. The Morgan fingerprint density at radius 1 is 1.19 bits per heavy atom. The molecule has 0 spiro atoms. The second-order valence-corrected chi connectivity index (χ2v) is 6.71. The molecule has 0 fully saturated rings. The average Bonchev–Trinajstić information content (AvgIpc) is 2.62. The number of carbonyl (C=O) groups excluding carboxylic acids is 2. The van der Waals surface area contributed by atoms with Crippen LogP contribution in [0.2, 0.25) is 0 Å². The van der Waals surface area contributed by atoms with Crippen molar-refractivity contribution in [2.75, 3.05) is 7.11 Å². The summed E-state index contributed by atoms with van der Waals surface area (Å²) in [5.74, 6) is -0.606. The van der Waals surface area contributed by atoms with E-state index in [0.29, 0.717) is 44.3 Å². The minimum absolute atomic E-state index is 0.0459. The summed E-state index contributed by atoms with van der Waals surface area (Å²) in [6.07, 6.45) is 3.33. The summed E-state index contributed by atoms with van der Waals surface area (Å²) in [5, 5.41) is 0. The number of esters is 1. The van der Waals surface area contributed by atoms with Crippen LogP contribution in [0.15, 0.2) is 18.2 Å². The number of halogens is 1. The third-order valence-electron chi connectivity index (χ3n) is 4.58. The summed E-state index contributed by atoms with van der Waals surface area (Å²) in [7, 11) is 1.36. The molecule has 1 aromatic rings. The number of nitrogens with two attached hydrogens (primary N) is 1. The molecule has 0 saturated carbocycles. The van der Waals surface area contributed by atoms with Crippen LogP contribution in [0.4, 0.5) is 4.39 Å². The van der Waals surface area contributed by atoms with Crippen molar-refractivity contribution >= 4 is 11.9 Å². The standard InChI is InChI=1S/C20H30FNO4/c1-14(8-11-19(22)23)15(2)26-13-16-9-10-17(18(21)12-16)6-4-5-7-20(24)25-3/h9-10,12,14-15H,4-8,11,13H2,1-3H3,(H2,22,23)/t14-,15+/m0/s1. The second kappa shape index (κ2) is 11.6. The van der Waals surface area contributed by atoms with E-state index in [1.54, 1.807) is 6.07 Å². The summed E-state index contributed by atoms with van der Waals surface area (Å²) in [6.45, 7) is 4.27. The maximum atomic E-state index is 14.2. The van der Waals surface area contributed by atoms with Gasteiger partial charge >= 0.3 is 5.97 Å². The van der Waals surface area contributed by atoms with Gasteiger partial charge in [0.25, 0.3) is 0 Å². The highest BCUT2D eigenvalue weighted by atomic mass is 19.1. The number of aryl methyl sites for hydroxylation is 1. The molecule has 0 aromatic heterocycles. The third-order valence-corrected chi connectivity index (χ3v) is 4.58. The predicted octanol–water partition coefficient (Wildman–Crippen LogP) is 3.52. The second-order valence-electron chi connectivity index (χ2n) is 6.71. The summed E-state index contributed by atoms with van der Waals surface area (Å²) < 4.78 is 24.6. The van der Waals surface area contributed by atoms with Gasteiger partial charge in [-0.05, 0) is 55.7 Å². The number of amides is 1. The van der Waals surface area contributed by atoms with Crippen molar-refractivity contribution in [2.45, 2.75) is 65.1 Å². The molecule has 0 saturated heterocycles. The summed E-state index contributed by atoms with van der Waals surface area (Å²) >= 11 is 0. The molecule has 0 unspecified atom stereocenters. The molecule has 0 bridgehead atoms. The highest BCUT2D eigenvalue weighted by Gasteiger charge is 2.14. The van der Waals surface area contributed by atoms with Crippen LogP contribution < -0.4 is 5.73 Å². The number of hydrogen-bond donors (Lipinski definition) is 1. The number of rotatable bonds is 12. The highest BCUT2D eigenvalue weighted by Crippen LogP contribution is 2.18. The first-order valence-electron chi connectivity index (χ1n) is 9.07. The zero-order valence-electron chi connectivity index (χ0n) is 15.9. The molecule has 146 valence electrons. The highest BCUT2D eigenvalue weighted by molar-refractivity contribution is 5.73. The van der Waals surface area contributed by atoms with E-state index in [9.17, 15) is 14.0 Å². The number of carbonyl (C=O) groups is 2. The summed E-state index contributed by atoms with van der Waals surface area (Å²) in [6, 6.07) is 5.13. The van der Waals surface area contributed by atoms with Crippen LogP contribution >= 0.6 is 0 Å². The fourth-order valence-corrected chi connectivity index (χ4v) is 2.57. The molecular formula is C20H30FNO4. The molecule has 5 nitrogen and oxygen atoms in total. The number of ether oxygens (including phenoxy) is 2. The van der Waals surface area contributed by atoms with E-state index in [-0.39, 0.29) is 29.7 Å². The minimum atomic E-state index is -0.312. The van der Waals surface area contributed by atoms with Gasteiger partial charge in [0.05, 0.1) is 19.8 Å². The van der Waals surface area contributed by atoms with E-state index in [2.05, 4.69) is 4.74 Å². The zero-order valence-corrected chi connectivity index (χ0v) is 15.9. The topological polar surface area (TPSA) is 78.6 Å². The van der Waals surface area contributed by atoms with Crippen molar-refractivity contribution in [3.63, 3.8) is 0 Å². The molecule has 6 heteroatoms. The summed E-state index contributed by atoms with van der Waals surface area (Å²) in [5.41, 5.74) is 6.57. The lowest BCUT2D eigenvalue weighted by atomic mass is 10.00. The molecule has 1 rings (SSSR count). The first-order valence-corrected chi connectivity index (χ1v) is 9.07. The van der Waals surface area contributed by atoms with E-state index in [0.717, 1.165) is 12.0 Å². The average molecular weight is 367 g/mol. The Bertz CT molecular complexity index is 591. The minimum Gasteiger partial charge on any atom is -0.469 e. The van der Waals surface area contributed by atoms with Crippen molar-refractivity contribution in [3.8, 4) is 0 Å². The van der Waals surface area contributed by atoms with E-state index >= 15 is 0 Å². The van der Waals surface area contributed by atoms with E-state index in [4.69, 9.17) is 10.5 Å². The van der Waals surface area contributed by atoms with Gasteiger partial charge in [-0.2, -0.15) is 0 Å². The van der Waals surface area contributed by atoms with E-state index in [1.165, 1.54) is 13.2 Å². The number of methoxy groups -OCH3 is 1. The first-order chi connectivity index (χ1) is 12.3. The van der Waals surface area contributed by atoms with Gasteiger partial charge in [-0.1, -0.05) is 19.1 Å². The van der Waals surface area contributed by atoms with Crippen molar-refractivity contribution in [1.82, 2.24) is 0 Å². The van der Waals surface area contributed by atoms with Crippen LogP contribution in [-0.2, 0) is 32.1 Å². The Morgan fingerprint density at radius 3 is 2.54 bits per heavy atom. The first kappa shape index (κ1) is 22.1. The van der Waals surface area contributed by atoms with Gasteiger partial charge in [-0.25, -0.2) is 4.39 Å². The van der Waals surface area contributed by atoms with Gasteiger partial charge in [0, 0.05) is 12.8 Å². The van der Waals surface area contributed by atoms with E-state index < -0.39 is 0 Å². The predicted molar refractivity (Wildman–Crippen MR) is 97.8 cm³/mol. The molecule has 1 amide bonds. The van der Waals surface area contributed by atoms with Gasteiger partial charge in [0.1, 0.15) is 5.82 Å². The van der Waals surface area contributed by atoms with Crippen LogP contribution in [0.1, 0.15) is 57.1 Å². The summed E-state index contributed by atoms with van der Waals surface area (Å²) in [4.78, 5) is 21.9. The van der Waals surface area contributed by atoms with Crippen LogP contribution in [0.25, 0.3) is 0 Å². The van der Waals surface area contributed by atoms with Gasteiger partial charge in [-0.3, -0.25) is 9.59 Å². The Hall–Kier alpha value is -1.95. The van der Waals surface area contributed by atoms with Crippen molar-refractivity contribution in [2.24, 2.45) is 11.7 Å². The third kappa shape index (κ3) is 8.43. The zero-order chi connectivity index (χ0) is 19.5. The fourth-order valence-electron chi connectivity index (χ4n) is 2.57. The van der Waals surface area contributed by atoms with Gasteiger partial charge < -0.3 is 15.2 Å². The Balaban J connectivity index is 2.41. The smallest absolute Gasteiger partial charge is 0.305 e. The number of benzene rings is 1. The molecule has 0 aliphatic rings. The van der Waals surface area contributed by atoms with Crippen molar-refractivity contribution < 1.29 is 23.5 Å². The maximum absolute atomic E-state index is 14.2. The molecule has 1 aromatic carbocycles. The number of hydrogen-bond acceptors (Lipinski definition) is 4.